The van der Waals surface area contributed by atoms with E-state index in [9.17, 15) is 18.0 Å². The van der Waals surface area contributed by atoms with Gasteiger partial charge in [-0.2, -0.15) is 0 Å². The summed E-state index contributed by atoms with van der Waals surface area (Å²) < 4.78 is 23.6. The summed E-state index contributed by atoms with van der Waals surface area (Å²) in [5.41, 5.74) is 2.54. The van der Waals surface area contributed by atoms with Crippen LogP contribution in [0.3, 0.4) is 0 Å². The van der Waals surface area contributed by atoms with Crippen LogP contribution in [-0.4, -0.2) is 60.6 Å². The first-order valence-electron chi connectivity index (χ1n) is 10.8. The van der Waals surface area contributed by atoms with Gasteiger partial charge in [0.05, 0.1) is 33.0 Å². The van der Waals surface area contributed by atoms with Gasteiger partial charge in [0.25, 0.3) is 5.91 Å². The fourth-order valence-electron chi connectivity index (χ4n) is 3.79. The molecular weight excluding hydrogens is 529 g/mol. The first kappa shape index (κ1) is 25.8. The van der Waals surface area contributed by atoms with Crippen molar-refractivity contribution in [3.05, 3.63) is 69.3 Å². The minimum Gasteiger partial charge on any atom is -0.341 e. The number of aliphatic imine (C=N–C) groups is 1. The van der Waals surface area contributed by atoms with Crippen LogP contribution < -0.4 is 4.90 Å². The summed E-state index contributed by atoms with van der Waals surface area (Å²) in [4.78, 5) is 33.6. The van der Waals surface area contributed by atoms with E-state index < -0.39 is 9.84 Å². The number of amides is 2. The zero-order valence-electron chi connectivity index (χ0n) is 19.1. The van der Waals surface area contributed by atoms with E-state index >= 15 is 0 Å². The Labute approximate surface area is 218 Å². The Bertz CT molecular complexity index is 1340. The molecule has 2 aromatic rings. The van der Waals surface area contributed by atoms with Gasteiger partial charge in [0.1, 0.15) is 5.70 Å². The van der Waals surface area contributed by atoms with Crippen LogP contribution in [0.15, 0.2) is 53.2 Å². The van der Waals surface area contributed by atoms with Gasteiger partial charge < -0.3 is 4.90 Å². The molecule has 2 heterocycles. The topological polar surface area (TPSA) is 87.1 Å². The molecule has 0 aliphatic carbocycles. The van der Waals surface area contributed by atoms with Crippen molar-refractivity contribution < 1.29 is 18.0 Å². The summed E-state index contributed by atoms with van der Waals surface area (Å²) in [7, 11) is -1.49. The third-order valence-corrected chi connectivity index (χ3v) is 9.26. The quantitative estimate of drug-likeness (QED) is 0.513. The van der Waals surface area contributed by atoms with Gasteiger partial charge in [0.15, 0.2) is 15.0 Å². The lowest BCUT2D eigenvalue weighted by Gasteiger charge is -2.24. The maximum atomic E-state index is 13.3. The Morgan fingerprint density at radius 1 is 1.20 bits per heavy atom. The van der Waals surface area contributed by atoms with Gasteiger partial charge in [-0.25, -0.2) is 13.4 Å². The number of halogens is 2. The molecule has 11 heteroatoms. The molecular formula is C24H23Cl2N3O4S2. The van der Waals surface area contributed by atoms with Crippen molar-refractivity contribution >= 4 is 73.5 Å². The van der Waals surface area contributed by atoms with Crippen molar-refractivity contribution in [2.45, 2.75) is 19.4 Å². The van der Waals surface area contributed by atoms with E-state index in [4.69, 9.17) is 23.2 Å². The number of thioether (sulfide) groups is 1. The molecule has 0 radical (unpaired) electrons. The summed E-state index contributed by atoms with van der Waals surface area (Å²) in [6.07, 6.45) is 2.05. The molecule has 1 saturated heterocycles. The lowest BCUT2D eigenvalue weighted by atomic mass is 10.2. The van der Waals surface area contributed by atoms with E-state index in [2.05, 4.69) is 4.99 Å². The zero-order valence-corrected chi connectivity index (χ0v) is 22.2. The molecule has 2 aliphatic heterocycles. The summed E-state index contributed by atoms with van der Waals surface area (Å²) in [6.45, 7) is 1.95. The van der Waals surface area contributed by atoms with Crippen LogP contribution in [-0.2, 0) is 19.4 Å². The van der Waals surface area contributed by atoms with E-state index in [0.29, 0.717) is 32.9 Å². The monoisotopic (exact) mass is 551 g/mol. The number of carbonyl (C=O) groups is 2. The summed E-state index contributed by atoms with van der Waals surface area (Å²) in [5, 5.41) is 1.14. The fourth-order valence-corrected chi connectivity index (χ4v) is 6.80. The minimum absolute atomic E-state index is 0.0155. The molecule has 2 aliphatic rings. The second-order valence-electron chi connectivity index (χ2n) is 8.42. The Morgan fingerprint density at radius 3 is 2.54 bits per heavy atom. The number of carbonyl (C=O) groups excluding carboxylic acids is 2. The van der Waals surface area contributed by atoms with Crippen molar-refractivity contribution in [1.29, 1.82) is 0 Å². The van der Waals surface area contributed by atoms with Gasteiger partial charge >= 0.3 is 0 Å². The Morgan fingerprint density at radius 2 is 1.91 bits per heavy atom. The van der Waals surface area contributed by atoms with E-state index in [0.717, 1.165) is 17.3 Å². The molecule has 0 spiro atoms. The molecule has 7 nitrogen and oxygen atoms in total. The molecule has 4 rings (SSSR count). The van der Waals surface area contributed by atoms with Gasteiger partial charge in [-0.05, 0) is 49.2 Å². The molecule has 0 unspecified atom stereocenters. The highest BCUT2D eigenvalue weighted by atomic mass is 35.5. The molecule has 2 amide bonds. The van der Waals surface area contributed by atoms with Gasteiger partial charge in [-0.1, -0.05) is 58.7 Å². The number of aryl methyl sites for hydroxylation is 1. The summed E-state index contributed by atoms with van der Waals surface area (Å²) in [6, 6.07) is 12.1. The highest BCUT2D eigenvalue weighted by molar-refractivity contribution is 8.14. The standard InChI is InChI=1S/C24H23Cl2N3O4S2/c1-15-3-6-17(7-4-15)29-23(31)21(12-16-5-8-19(25)20(26)11-16)27-24(29)34-13-22(30)28(2)18-9-10-35(32,33)14-18/h3-8,11-12,18H,9-10,13-14H2,1-2H3/b21-12+/t18-/m1/s1. The predicted molar refractivity (Wildman–Crippen MR) is 143 cm³/mol. The number of nitrogens with zero attached hydrogens (tertiary/aromatic N) is 3. The predicted octanol–water partition coefficient (Wildman–Crippen LogP) is 4.42. The smallest absolute Gasteiger partial charge is 0.283 e. The first-order valence-corrected chi connectivity index (χ1v) is 14.4. The average molecular weight is 553 g/mol. The molecule has 0 aromatic heterocycles. The highest BCUT2D eigenvalue weighted by Gasteiger charge is 2.35. The third kappa shape index (κ3) is 5.91. The van der Waals surface area contributed by atoms with Gasteiger partial charge in [0.2, 0.25) is 5.91 Å². The number of hydrogen-bond acceptors (Lipinski definition) is 6. The van der Waals surface area contributed by atoms with Crippen LogP contribution in [0, 0.1) is 6.92 Å². The second kappa shape index (κ2) is 10.3. The maximum Gasteiger partial charge on any atom is 0.283 e. The van der Waals surface area contributed by atoms with Gasteiger partial charge in [0, 0.05) is 13.1 Å². The number of anilines is 1. The Balaban J connectivity index is 1.58. The molecule has 0 bridgehead atoms. The van der Waals surface area contributed by atoms with Crippen LogP contribution in [0.5, 0.6) is 0 Å². The normalized spacial score (nSPS) is 20.4. The molecule has 0 N–H and O–H groups in total. The van der Waals surface area contributed by atoms with Gasteiger partial charge in [-0.15, -0.1) is 0 Å². The Kier molecular flexibility index (Phi) is 7.61. The van der Waals surface area contributed by atoms with E-state index in [1.54, 1.807) is 31.3 Å². The molecule has 2 aromatic carbocycles. The lowest BCUT2D eigenvalue weighted by Crippen LogP contribution is -2.39. The van der Waals surface area contributed by atoms with E-state index in [1.807, 2.05) is 31.2 Å². The van der Waals surface area contributed by atoms with Crippen LogP contribution in [0.2, 0.25) is 10.0 Å². The summed E-state index contributed by atoms with van der Waals surface area (Å²) >= 11 is 13.2. The maximum absolute atomic E-state index is 13.3. The average Bonchev–Trinajstić information content (AvgIpc) is 3.33. The van der Waals surface area contributed by atoms with Crippen LogP contribution in [0.4, 0.5) is 5.69 Å². The molecule has 35 heavy (non-hydrogen) atoms. The molecule has 1 fully saturated rings. The Hall–Kier alpha value is -2.33. The number of benzene rings is 2. The molecule has 184 valence electrons. The SMILES string of the molecule is Cc1ccc(N2C(=O)/C(=C\c3ccc(Cl)c(Cl)c3)N=C2SCC(=O)N(C)[C@@H]2CCS(=O)(=O)C2)cc1. The number of hydrogen-bond donors (Lipinski definition) is 0. The van der Waals surface area contributed by atoms with Crippen LogP contribution in [0.25, 0.3) is 6.08 Å². The van der Waals surface area contributed by atoms with Crippen molar-refractivity contribution in [3.8, 4) is 0 Å². The largest absolute Gasteiger partial charge is 0.341 e. The highest BCUT2D eigenvalue weighted by Crippen LogP contribution is 2.31. The van der Waals surface area contributed by atoms with Crippen molar-refractivity contribution in [3.63, 3.8) is 0 Å². The van der Waals surface area contributed by atoms with Crippen molar-refractivity contribution in [1.82, 2.24) is 4.90 Å². The van der Waals surface area contributed by atoms with Crippen LogP contribution >= 0.6 is 35.0 Å². The lowest BCUT2D eigenvalue weighted by molar-refractivity contribution is -0.128. The fraction of sp³-hybridized carbons (Fsp3) is 0.292. The van der Waals surface area contributed by atoms with Crippen LogP contribution in [0.1, 0.15) is 17.5 Å². The zero-order chi connectivity index (χ0) is 25.3. The van der Waals surface area contributed by atoms with E-state index in [-0.39, 0.29) is 40.8 Å². The van der Waals surface area contributed by atoms with Crippen molar-refractivity contribution in [2.75, 3.05) is 29.2 Å². The molecule has 0 saturated carbocycles. The van der Waals surface area contributed by atoms with Crippen molar-refractivity contribution in [2.24, 2.45) is 4.99 Å². The summed E-state index contributed by atoms with van der Waals surface area (Å²) in [5.74, 6) is -0.469. The minimum atomic E-state index is -3.11. The number of amidine groups is 1. The number of rotatable bonds is 5. The second-order valence-corrected chi connectivity index (χ2v) is 12.4. The number of sulfone groups is 1. The van der Waals surface area contributed by atoms with E-state index in [1.165, 1.54) is 9.80 Å². The molecule has 1 atom stereocenters. The van der Waals surface area contributed by atoms with Gasteiger partial charge in [-0.3, -0.25) is 14.5 Å². The third-order valence-electron chi connectivity index (χ3n) is 5.84. The first-order chi connectivity index (χ1) is 16.5.